The second kappa shape index (κ2) is 6.65. The van der Waals surface area contributed by atoms with Crippen LogP contribution in [0.2, 0.25) is 0 Å². The molecule has 1 N–H and O–H groups in total. The molecule has 0 aromatic carbocycles. The number of nitrogens with one attached hydrogen (secondary N) is 1. The van der Waals surface area contributed by atoms with Crippen LogP contribution in [0.3, 0.4) is 0 Å². The molecular formula is C17H14N6O3S. The van der Waals surface area contributed by atoms with Crippen molar-refractivity contribution in [3.8, 4) is 10.6 Å². The fraction of sp³-hybridized carbons (Fsp3) is 0.118. The molecule has 0 radical (unpaired) electrons. The minimum atomic E-state index is -0.635. The monoisotopic (exact) mass is 382 g/mol. The highest BCUT2D eigenvalue weighted by Gasteiger charge is 2.22. The number of fused-ring (bicyclic) bond motifs is 1. The van der Waals surface area contributed by atoms with Crippen molar-refractivity contribution < 1.29 is 14.3 Å². The van der Waals surface area contributed by atoms with Gasteiger partial charge in [-0.1, -0.05) is 6.07 Å². The van der Waals surface area contributed by atoms with Crippen molar-refractivity contribution in [2.75, 3.05) is 12.4 Å². The Kier molecular flexibility index (Phi) is 4.16. The van der Waals surface area contributed by atoms with Gasteiger partial charge >= 0.3 is 5.97 Å². The molecule has 0 bridgehead atoms. The molecule has 4 aromatic heterocycles. The highest BCUT2D eigenvalue weighted by atomic mass is 32.1. The smallest absolute Gasteiger partial charge is 0.360 e. The Balaban J connectivity index is 1.71. The zero-order valence-electron chi connectivity index (χ0n) is 14.4. The van der Waals surface area contributed by atoms with Crippen LogP contribution in [0.5, 0.6) is 0 Å². The molecule has 0 spiro atoms. The first-order valence-electron chi connectivity index (χ1n) is 7.88. The fourth-order valence-corrected chi connectivity index (χ4v) is 3.42. The molecule has 4 heterocycles. The quantitative estimate of drug-likeness (QED) is 0.543. The van der Waals surface area contributed by atoms with Gasteiger partial charge in [0.2, 0.25) is 0 Å². The summed E-state index contributed by atoms with van der Waals surface area (Å²) < 4.78 is 7.73. The van der Waals surface area contributed by atoms with E-state index in [9.17, 15) is 9.59 Å². The second-order valence-corrected chi connectivity index (χ2v) is 6.56. The van der Waals surface area contributed by atoms with Gasteiger partial charge < -0.3 is 10.1 Å². The van der Waals surface area contributed by atoms with E-state index in [2.05, 4.69) is 20.5 Å². The van der Waals surface area contributed by atoms with E-state index in [0.717, 1.165) is 10.6 Å². The normalized spacial score (nSPS) is 10.9. The third kappa shape index (κ3) is 2.95. The summed E-state index contributed by atoms with van der Waals surface area (Å²) in [4.78, 5) is 29.9. The largest absolute Gasteiger partial charge is 0.464 e. The van der Waals surface area contributed by atoms with Gasteiger partial charge in [-0.05, 0) is 17.5 Å². The van der Waals surface area contributed by atoms with Crippen molar-refractivity contribution in [2.45, 2.75) is 0 Å². The highest BCUT2D eigenvalue weighted by Crippen LogP contribution is 2.25. The van der Waals surface area contributed by atoms with E-state index in [4.69, 9.17) is 4.74 Å². The summed E-state index contributed by atoms with van der Waals surface area (Å²) in [7, 11) is 2.90. The Morgan fingerprint density at radius 3 is 2.89 bits per heavy atom. The van der Waals surface area contributed by atoms with Gasteiger partial charge in [-0.25, -0.2) is 14.3 Å². The second-order valence-electron chi connectivity index (χ2n) is 5.61. The van der Waals surface area contributed by atoms with Crippen LogP contribution in [0.25, 0.3) is 16.2 Å². The minimum Gasteiger partial charge on any atom is -0.464 e. The van der Waals surface area contributed by atoms with Gasteiger partial charge in [0.1, 0.15) is 5.56 Å². The van der Waals surface area contributed by atoms with Crippen molar-refractivity contribution >= 4 is 34.5 Å². The number of amides is 1. The van der Waals surface area contributed by atoms with E-state index >= 15 is 0 Å². The van der Waals surface area contributed by atoms with E-state index in [-0.39, 0.29) is 16.9 Å². The molecule has 1 amide bonds. The number of aromatic nitrogens is 5. The first-order chi connectivity index (χ1) is 13.1. The lowest BCUT2D eigenvalue weighted by atomic mass is 10.2. The number of aryl methyl sites for hydroxylation is 1. The van der Waals surface area contributed by atoms with Crippen molar-refractivity contribution in [1.82, 2.24) is 24.4 Å². The number of carbonyl (C=O) groups excluding carboxylic acids is 2. The molecule has 0 unspecified atom stereocenters. The van der Waals surface area contributed by atoms with E-state index in [1.165, 1.54) is 24.2 Å². The molecule has 0 aliphatic rings. The molecular weight excluding hydrogens is 368 g/mol. The Bertz CT molecular complexity index is 1150. The number of rotatable bonds is 4. The zero-order chi connectivity index (χ0) is 19.0. The molecule has 9 nitrogen and oxygen atoms in total. The third-order valence-electron chi connectivity index (χ3n) is 3.88. The van der Waals surface area contributed by atoms with E-state index in [0.29, 0.717) is 5.65 Å². The van der Waals surface area contributed by atoms with Crippen LogP contribution < -0.4 is 5.32 Å². The molecule has 4 rings (SSSR count). The van der Waals surface area contributed by atoms with E-state index in [1.807, 2.05) is 23.6 Å². The SMILES string of the molecule is COC(=O)c1nn(C)cc1NC(=O)c1cnn2c(-c3cccs3)ccnc12. The number of methoxy groups -OCH3 is 1. The maximum absolute atomic E-state index is 12.8. The maximum atomic E-state index is 12.8. The van der Waals surface area contributed by atoms with Gasteiger partial charge in [0, 0.05) is 19.4 Å². The first-order valence-corrected chi connectivity index (χ1v) is 8.76. The van der Waals surface area contributed by atoms with Gasteiger partial charge in [-0.2, -0.15) is 10.2 Å². The fourth-order valence-electron chi connectivity index (χ4n) is 2.68. The molecule has 0 saturated carbocycles. The van der Waals surface area contributed by atoms with Crippen LogP contribution in [-0.4, -0.2) is 43.4 Å². The van der Waals surface area contributed by atoms with Crippen LogP contribution in [0.1, 0.15) is 20.8 Å². The first kappa shape index (κ1) is 16.9. The topological polar surface area (TPSA) is 103 Å². The summed E-state index contributed by atoms with van der Waals surface area (Å²) in [5.41, 5.74) is 1.82. The number of esters is 1. The Labute approximate surface area is 157 Å². The van der Waals surface area contributed by atoms with Crippen molar-refractivity contribution in [3.63, 3.8) is 0 Å². The number of carbonyl (C=O) groups is 2. The van der Waals surface area contributed by atoms with Crippen LogP contribution in [0.15, 0.2) is 42.2 Å². The molecule has 136 valence electrons. The number of nitrogens with zero attached hydrogens (tertiary/aromatic N) is 5. The molecule has 27 heavy (non-hydrogen) atoms. The number of hydrogen-bond donors (Lipinski definition) is 1. The lowest BCUT2D eigenvalue weighted by molar-refractivity contribution is 0.0594. The summed E-state index contributed by atoms with van der Waals surface area (Å²) in [5.74, 6) is -1.08. The van der Waals surface area contributed by atoms with Crippen molar-refractivity contribution in [1.29, 1.82) is 0 Å². The number of thiophene rings is 1. The number of ether oxygens (including phenoxy) is 1. The minimum absolute atomic E-state index is 0.0251. The zero-order valence-corrected chi connectivity index (χ0v) is 15.2. The predicted molar refractivity (Wildman–Crippen MR) is 98.8 cm³/mol. The van der Waals surface area contributed by atoms with Crippen LogP contribution >= 0.6 is 11.3 Å². The summed E-state index contributed by atoms with van der Waals surface area (Å²) in [5, 5.41) is 13.0. The van der Waals surface area contributed by atoms with Gasteiger partial charge in [0.05, 0.1) is 29.6 Å². The lowest BCUT2D eigenvalue weighted by Crippen LogP contribution is -2.15. The third-order valence-corrected chi connectivity index (χ3v) is 4.77. The summed E-state index contributed by atoms with van der Waals surface area (Å²) in [6.07, 6.45) is 4.61. The molecule has 0 aliphatic heterocycles. The summed E-state index contributed by atoms with van der Waals surface area (Å²) in [6, 6.07) is 5.75. The van der Waals surface area contributed by atoms with Crippen LogP contribution in [-0.2, 0) is 11.8 Å². The lowest BCUT2D eigenvalue weighted by Gasteiger charge is -2.04. The maximum Gasteiger partial charge on any atom is 0.360 e. The summed E-state index contributed by atoms with van der Waals surface area (Å²) in [6.45, 7) is 0. The number of hydrogen-bond acceptors (Lipinski definition) is 7. The summed E-state index contributed by atoms with van der Waals surface area (Å²) >= 11 is 1.57. The average molecular weight is 382 g/mol. The van der Waals surface area contributed by atoms with Gasteiger partial charge in [-0.15, -0.1) is 11.3 Å². The highest BCUT2D eigenvalue weighted by molar-refractivity contribution is 7.13. The molecule has 0 fully saturated rings. The van der Waals surface area contributed by atoms with E-state index < -0.39 is 11.9 Å². The Hall–Kier alpha value is -3.53. The predicted octanol–water partition coefficient (Wildman–Crippen LogP) is 2.23. The molecule has 0 saturated heterocycles. The van der Waals surface area contributed by atoms with Gasteiger partial charge in [0.15, 0.2) is 11.3 Å². The van der Waals surface area contributed by atoms with E-state index in [1.54, 1.807) is 29.1 Å². The average Bonchev–Trinajstić information content (AvgIpc) is 3.40. The molecule has 10 heteroatoms. The van der Waals surface area contributed by atoms with Gasteiger partial charge in [0.25, 0.3) is 5.91 Å². The Morgan fingerprint density at radius 1 is 1.30 bits per heavy atom. The molecule has 4 aromatic rings. The number of anilines is 1. The van der Waals surface area contributed by atoms with Crippen LogP contribution in [0, 0.1) is 0 Å². The molecule has 0 aliphatic carbocycles. The standard InChI is InChI=1S/C17H14N6O3S/c1-22-9-11(14(21-22)17(25)26-2)20-16(24)10-8-19-23-12(5-6-18-15(10)23)13-4-3-7-27-13/h3-9H,1-2H3,(H,20,24). The Morgan fingerprint density at radius 2 is 2.15 bits per heavy atom. The van der Waals surface area contributed by atoms with Crippen molar-refractivity contribution in [3.05, 3.63) is 53.4 Å². The molecule has 0 atom stereocenters. The van der Waals surface area contributed by atoms with Crippen LogP contribution in [0.4, 0.5) is 5.69 Å². The van der Waals surface area contributed by atoms with Gasteiger partial charge in [-0.3, -0.25) is 9.48 Å². The van der Waals surface area contributed by atoms with Crippen molar-refractivity contribution in [2.24, 2.45) is 7.05 Å².